The molecule has 1 nitrogen and oxygen atoms in total. The molecule has 0 atom stereocenters. The van der Waals surface area contributed by atoms with E-state index in [0.717, 1.165) is 0 Å². The Labute approximate surface area is 97.9 Å². The van der Waals surface area contributed by atoms with Gasteiger partial charge in [-0.05, 0) is 12.1 Å². The lowest BCUT2D eigenvalue weighted by molar-refractivity contribution is 0.327. The molecular weight excluding hydrogens is 242 g/mol. The van der Waals surface area contributed by atoms with E-state index in [9.17, 15) is 0 Å². The minimum absolute atomic E-state index is 0.386. The highest BCUT2D eigenvalue weighted by molar-refractivity contribution is 6.40. The molecule has 0 radical (unpaired) electrons. The van der Waals surface area contributed by atoms with Gasteiger partial charge >= 0.3 is 0 Å². The fraction of sp³-hybridized carbons (Fsp3) is 0.200. The normalized spacial score (nSPS) is 9.57. The summed E-state index contributed by atoms with van der Waals surface area (Å²) in [5.74, 6) is 2.88. The number of benzene rings is 1. The van der Waals surface area contributed by atoms with Crippen LogP contribution in [0.5, 0.6) is 5.75 Å². The first-order valence-corrected chi connectivity index (χ1v) is 4.99. The van der Waals surface area contributed by atoms with Crippen molar-refractivity contribution in [3.63, 3.8) is 0 Å². The van der Waals surface area contributed by atoms with Crippen LogP contribution in [0.1, 0.15) is 6.42 Å². The molecule has 0 heterocycles. The van der Waals surface area contributed by atoms with Crippen LogP contribution in [0.3, 0.4) is 0 Å². The maximum Gasteiger partial charge on any atom is 0.156 e. The molecule has 0 saturated heterocycles. The Balaban J connectivity index is 2.81. The molecule has 74 valence electrons. The van der Waals surface area contributed by atoms with Crippen LogP contribution in [0.4, 0.5) is 0 Å². The van der Waals surface area contributed by atoms with Gasteiger partial charge in [-0.1, -0.05) is 34.8 Å². The van der Waals surface area contributed by atoms with E-state index in [4.69, 9.17) is 46.0 Å². The van der Waals surface area contributed by atoms with E-state index in [1.54, 1.807) is 12.1 Å². The third kappa shape index (κ3) is 2.99. The van der Waals surface area contributed by atoms with Crippen LogP contribution in [0, 0.1) is 12.3 Å². The van der Waals surface area contributed by atoms with E-state index < -0.39 is 0 Å². The van der Waals surface area contributed by atoms with Crippen molar-refractivity contribution in [3.8, 4) is 18.1 Å². The predicted molar refractivity (Wildman–Crippen MR) is 60.4 cm³/mol. The summed E-state index contributed by atoms with van der Waals surface area (Å²) in [6.07, 6.45) is 5.59. The van der Waals surface area contributed by atoms with Crippen molar-refractivity contribution in [2.45, 2.75) is 6.42 Å². The molecule has 1 aromatic rings. The maximum absolute atomic E-state index is 5.87. The Bertz CT molecular complexity index is 345. The second-order valence-corrected chi connectivity index (χ2v) is 3.75. The Kier molecular flexibility index (Phi) is 4.41. The van der Waals surface area contributed by atoms with Gasteiger partial charge in [0, 0.05) is 11.4 Å². The van der Waals surface area contributed by atoms with Gasteiger partial charge in [-0.3, -0.25) is 0 Å². The smallest absolute Gasteiger partial charge is 0.156 e. The summed E-state index contributed by atoms with van der Waals surface area (Å²) in [6, 6.07) is 3.14. The molecule has 0 aliphatic carbocycles. The first kappa shape index (κ1) is 11.5. The molecule has 0 aliphatic rings. The van der Waals surface area contributed by atoms with Gasteiger partial charge in [-0.15, -0.1) is 12.3 Å². The van der Waals surface area contributed by atoms with Crippen molar-refractivity contribution in [3.05, 3.63) is 27.2 Å². The molecule has 0 spiro atoms. The number of ether oxygens (including phenoxy) is 1. The Morgan fingerprint density at radius 2 is 1.79 bits per heavy atom. The molecule has 0 saturated carbocycles. The third-order valence-electron chi connectivity index (χ3n) is 1.46. The lowest BCUT2D eigenvalue weighted by Crippen LogP contribution is -1.97. The summed E-state index contributed by atoms with van der Waals surface area (Å²) in [5, 5.41) is 1.25. The van der Waals surface area contributed by atoms with Crippen LogP contribution in [0.2, 0.25) is 15.1 Å². The molecule has 14 heavy (non-hydrogen) atoms. The van der Waals surface area contributed by atoms with Crippen molar-refractivity contribution in [1.29, 1.82) is 0 Å². The van der Waals surface area contributed by atoms with Gasteiger partial charge in [0.05, 0.1) is 16.7 Å². The highest BCUT2D eigenvalue weighted by Crippen LogP contribution is 2.35. The monoisotopic (exact) mass is 248 g/mol. The third-order valence-corrected chi connectivity index (χ3v) is 2.24. The molecule has 0 bridgehead atoms. The molecule has 0 aliphatic heterocycles. The Morgan fingerprint density at radius 1 is 1.21 bits per heavy atom. The van der Waals surface area contributed by atoms with Gasteiger partial charge in [0.15, 0.2) is 5.75 Å². The summed E-state index contributed by atoms with van der Waals surface area (Å²) in [6.45, 7) is 0.386. The molecule has 0 fully saturated rings. The second-order valence-electron chi connectivity index (χ2n) is 2.50. The first-order chi connectivity index (χ1) is 6.65. The Morgan fingerprint density at radius 3 is 2.29 bits per heavy atom. The summed E-state index contributed by atoms with van der Waals surface area (Å²) in [5.41, 5.74) is 0. The molecule has 0 amide bonds. The van der Waals surface area contributed by atoms with E-state index in [1.165, 1.54) is 0 Å². The van der Waals surface area contributed by atoms with Crippen molar-refractivity contribution in [1.82, 2.24) is 0 Å². The molecule has 1 rings (SSSR count). The van der Waals surface area contributed by atoms with Crippen molar-refractivity contribution < 1.29 is 4.74 Å². The van der Waals surface area contributed by atoms with Crippen LogP contribution in [0.25, 0.3) is 0 Å². The number of hydrogen-bond acceptors (Lipinski definition) is 1. The molecule has 0 aromatic heterocycles. The zero-order chi connectivity index (χ0) is 10.6. The van der Waals surface area contributed by atoms with Crippen LogP contribution < -0.4 is 4.74 Å². The largest absolute Gasteiger partial charge is 0.489 e. The zero-order valence-electron chi connectivity index (χ0n) is 7.19. The predicted octanol–water partition coefficient (Wildman–Crippen LogP) is 4.05. The van der Waals surface area contributed by atoms with E-state index in [-0.39, 0.29) is 0 Å². The fourth-order valence-electron chi connectivity index (χ4n) is 0.879. The zero-order valence-corrected chi connectivity index (χ0v) is 9.46. The van der Waals surface area contributed by atoms with Crippen LogP contribution in [-0.2, 0) is 0 Å². The Hall–Kier alpha value is -0.550. The van der Waals surface area contributed by atoms with E-state index in [2.05, 4.69) is 5.92 Å². The van der Waals surface area contributed by atoms with Crippen molar-refractivity contribution in [2.24, 2.45) is 0 Å². The highest BCUT2D eigenvalue weighted by atomic mass is 35.5. The SMILES string of the molecule is C#CCCOc1c(Cl)cc(Cl)cc1Cl. The standard InChI is InChI=1S/C10H7Cl3O/c1-2-3-4-14-10-8(12)5-7(11)6-9(10)13/h1,5-6H,3-4H2. The van der Waals surface area contributed by atoms with Crippen molar-refractivity contribution >= 4 is 34.8 Å². The molecule has 0 unspecified atom stereocenters. The summed E-state index contributed by atoms with van der Waals surface area (Å²) in [7, 11) is 0. The second kappa shape index (κ2) is 5.36. The van der Waals surface area contributed by atoms with Gasteiger partial charge in [-0.25, -0.2) is 0 Å². The van der Waals surface area contributed by atoms with Gasteiger partial charge < -0.3 is 4.74 Å². The fourth-order valence-corrected chi connectivity index (χ4v) is 1.80. The van der Waals surface area contributed by atoms with Gasteiger partial charge in [0.2, 0.25) is 0 Å². The number of halogens is 3. The van der Waals surface area contributed by atoms with Crippen LogP contribution in [0.15, 0.2) is 12.1 Å². The maximum atomic E-state index is 5.87. The lowest BCUT2D eigenvalue weighted by Gasteiger charge is -2.08. The molecular formula is C10H7Cl3O. The quantitative estimate of drug-likeness (QED) is 0.580. The summed E-state index contributed by atoms with van der Waals surface area (Å²) in [4.78, 5) is 0. The van der Waals surface area contributed by atoms with Gasteiger partial charge in [0.25, 0.3) is 0 Å². The van der Waals surface area contributed by atoms with Gasteiger partial charge in [0.1, 0.15) is 0 Å². The van der Waals surface area contributed by atoms with Crippen molar-refractivity contribution in [2.75, 3.05) is 6.61 Å². The van der Waals surface area contributed by atoms with E-state index in [0.29, 0.717) is 33.8 Å². The number of rotatable bonds is 3. The number of terminal acetylenes is 1. The summed E-state index contributed by atoms with van der Waals surface area (Å²) >= 11 is 17.5. The van der Waals surface area contributed by atoms with Gasteiger partial charge in [-0.2, -0.15) is 0 Å². The summed E-state index contributed by atoms with van der Waals surface area (Å²) < 4.78 is 5.30. The minimum atomic E-state index is 0.386. The van der Waals surface area contributed by atoms with Crippen LogP contribution in [-0.4, -0.2) is 6.61 Å². The topological polar surface area (TPSA) is 9.23 Å². The van der Waals surface area contributed by atoms with E-state index in [1.807, 2.05) is 0 Å². The number of hydrogen-bond donors (Lipinski definition) is 0. The molecule has 1 aromatic carbocycles. The van der Waals surface area contributed by atoms with Crippen LogP contribution >= 0.6 is 34.8 Å². The minimum Gasteiger partial charge on any atom is -0.489 e. The molecule has 4 heteroatoms. The lowest BCUT2D eigenvalue weighted by atomic mass is 10.3. The molecule has 0 N–H and O–H groups in total. The van der Waals surface area contributed by atoms with E-state index >= 15 is 0 Å². The highest BCUT2D eigenvalue weighted by Gasteiger charge is 2.08. The average molecular weight is 250 g/mol. The average Bonchev–Trinajstić information content (AvgIpc) is 2.09. The first-order valence-electron chi connectivity index (χ1n) is 3.86.